The van der Waals surface area contributed by atoms with E-state index in [2.05, 4.69) is 4.90 Å². The molecule has 6 fully saturated rings. The molecule has 0 aromatic heterocycles. The molecule has 6 aliphatic rings. The Morgan fingerprint density at radius 2 is 1.72 bits per heavy atom. The second-order valence-electron chi connectivity index (χ2n) is 14.4. The summed E-state index contributed by atoms with van der Waals surface area (Å²) >= 11 is 0. The Hall–Kier alpha value is -2.16. The summed E-state index contributed by atoms with van der Waals surface area (Å²) in [5, 5.41) is 37.3. The molecule has 0 radical (unpaired) electrons. The summed E-state index contributed by atoms with van der Waals surface area (Å²) in [6.45, 7) is 4.68. The van der Waals surface area contributed by atoms with Gasteiger partial charge >= 0.3 is 11.9 Å². The number of benzene rings is 1. The Morgan fingerprint density at radius 1 is 1.00 bits per heavy atom. The average Bonchev–Trinajstić information content (AvgIpc) is 3.41. The molecule has 0 amide bonds. The van der Waals surface area contributed by atoms with Crippen LogP contribution in [0.1, 0.15) is 37.0 Å². The summed E-state index contributed by atoms with van der Waals surface area (Å²) in [6, 6.07) is 8.18. The van der Waals surface area contributed by atoms with Crippen LogP contribution in [0.15, 0.2) is 30.3 Å². The molecule has 5 aliphatic carbocycles. The number of aliphatic hydroxyl groups excluding tert-OH is 2. The maximum atomic E-state index is 13.8. The van der Waals surface area contributed by atoms with Gasteiger partial charge in [-0.1, -0.05) is 25.1 Å². The van der Waals surface area contributed by atoms with Crippen molar-refractivity contribution in [2.45, 2.75) is 80.6 Å². The van der Waals surface area contributed by atoms with Gasteiger partial charge in [0, 0.05) is 83.0 Å². The van der Waals surface area contributed by atoms with E-state index in [1.807, 2.05) is 6.92 Å². The highest BCUT2D eigenvalue weighted by molar-refractivity contribution is 5.89. The highest BCUT2D eigenvalue weighted by Crippen LogP contribution is 2.80. The fourth-order valence-corrected chi connectivity index (χ4v) is 12.3. The first-order valence-corrected chi connectivity index (χ1v) is 16.3. The summed E-state index contributed by atoms with van der Waals surface area (Å²) in [5.41, 5.74) is -4.79. The van der Waals surface area contributed by atoms with E-state index in [0.717, 1.165) is 0 Å². The van der Waals surface area contributed by atoms with Gasteiger partial charge in [-0.2, -0.15) is 0 Å². The molecule has 12 nitrogen and oxygen atoms in total. The fraction of sp³-hybridized carbons (Fsp3) is 0.765. The molecule has 12 heteroatoms. The lowest BCUT2D eigenvalue weighted by Crippen LogP contribution is -2.81. The average molecular weight is 646 g/mol. The van der Waals surface area contributed by atoms with Crippen molar-refractivity contribution in [3.63, 3.8) is 0 Å². The standard InChI is InChI=1S/C34H47NO11/c1-7-35-15-31(16-41-3)20(37)13-21(42-4)33-19-14-32(40)28(45-30(39)18-11-9-8-10-12-18)22(19)34(46-17(2)36,27(38)29(32)44-6)23(26(33)35)24(43-5)25(31)33/h8-12,19-29,37-38,40H,7,13-16H2,1-6H3/t19-,20-,21?,22-,23?,24+,25-,26-,27+,28-,29+,31+,32+,33+,34-/m1/s1. The van der Waals surface area contributed by atoms with Crippen molar-refractivity contribution in [2.75, 3.05) is 48.1 Å². The summed E-state index contributed by atoms with van der Waals surface area (Å²) in [6.07, 6.45) is -5.49. The first-order chi connectivity index (χ1) is 22.0. The molecule has 1 aromatic carbocycles. The number of ether oxygens (including phenoxy) is 6. The number of hydrogen-bond donors (Lipinski definition) is 3. The zero-order valence-corrected chi connectivity index (χ0v) is 27.3. The molecule has 1 heterocycles. The van der Waals surface area contributed by atoms with Crippen LogP contribution in [-0.4, -0.2) is 134 Å². The second kappa shape index (κ2) is 10.9. The first-order valence-electron chi connectivity index (χ1n) is 16.3. The topological polar surface area (TPSA) is 153 Å². The zero-order chi connectivity index (χ0) is 33.0. The molecule has 46 heavy (non-hydrogen) atoms. The van der Waals surface area contributed by atoms with E-state index in [1.165, 1.54) is 14.0 Å². The number of carbonyl (C=O) groups is 2. The van der Waals surface area contributed by atoms with Crippen LogP contribution in [0.25, 0.3) is 0 Å². The van der Waals surface area contributed by atoms with E-state index in [1.54, 1.807) is 51.7 Å². The highest BCUT2D eigenvalue weighted by Gasteiger charge is 2.92. The number of nitrogens with zero attached hydrogens (tertiary/aromatic N) is 1. The highest BCUT2D eigenvalue weighted by atomic mass is 16.6. The van der Waals surface area contributed by atoms with Crippen molar-refractivity contribution >= 4 is 11.9 Å². The molecule has 5 saturated carbocycles. The lowest BCUT2D eigenvalue weighted by atomic mass is 9.42. The molecule has 254 valence electrons. The van der Waals surface area contributed by atoms with E-state index < -0.39 is 88.3 Å². The van der Waals surface area contributed by atoms with Crippen molar-refractivity contribution in [1.29, 1.82) is 0 Å². The van der Waals surface area contributed by atoms with E-state index in [-0.39, 0.29) is 25.0 Å². The van der Waals surface area contributed by atoms with Crippen LogP contribution in [0.3, 0.4) is 0 Å². The van der Waals surface area contributed by atoms with Crippen molar-refractivity contribution < 1.29 is 53.3 Å². The van der Waals surface area contributed by atoms with Gasteiger partial charge < -0.3 is 43.7 Å². The van der Waals surface area contributed by atoms with Crippen molar-refractivity contribution in [3.8, 4) is 0 Å². The molecular weight excluding hydrogens is 598 g/mol. The maximum Gasteiger partial charge on any atom is 0.338 e. The number of rotatable bonds is 9. The van der Waals surface area contributed by atoms with Crippen molar-refractivity contribution in [1.82, 2.24) is 4.90 Å². The van der Waals surface area contributed by atoms with Crippen molar-refractivity contribution in [2.24, 2.45) is 34.5 Å². The number of likely N-dealkylation sites (tertiary alicyclic amines) is 1. The molecule has 1 spiro atoms. The van der Waals surface area contributed by atoms with E-state index in [9.17, 15) is 24.9 Å². The third-order valence-corrected chi connectivity index (χ3v) is 13.2. The van der Waals surface area contributed by atoms with Gasteiger partial charge in [0.2, 0.25) is 0 Å². The predicted octanol–water partition coefficient (Wildman–Crippen LogP) is 0.648. The molecule has 1 aromatic rings. The number of methoxy groups -OCH3 is 4. The molecule has 3 N–H and O–H groups in total. The van der Waals surface area contributed by atoms with Gasteiger partial charge in [0.15, 0.2) is 5.60 Å². The zero-order valence-electron chi connectivity index (χ0n) is 27.3. The number of carbonyl (C=O) groups excluding carboxylic acids is 2. The lowest BCUT2D eigenvalue weighted by molar-refractivity contribution is -0.322. The van der Waals surface area contributed by atoms with Gasteiger partial charge in [-0.25, -0.2) is 4.79 Å². The Morgan fingerprint density at radius 3 is 2.30 bits per heavy atom. The summed E-state index contributed by atoms with van der Waals surface area (Å²) < 4.78 is 37.4. The Bertz CT molecular complexity index is 1360. The molecule has 1 saturated heterocycles. The van der Waals surface area contributed by atoms with Crippen LogP contribution in [0.5, 0.6) is 0 Å². The minimum atomic E-state index is -1.83. The van der Waals surface area contributed by atoms with E-state index in [4.69, 9.17) is 28.4 Å². The smallest absolute Gasteiger partial charge is 0.338 e. The summed E-state index contributed by atoms with van der Waals surface area (Å²) in [7, 11) is 6.27. The SMILES string of the molecule is CCN1C[C@]2(COC)[C@H](O)CC(OC)[C@@]34[C@@H]5C[C@]6(O)[C@H](OC(=O)c7ccccc7)[C@@H]5[C@@](OC(C)=O)(C([C@H](OC)[C@H]23)[C@@H]14)[C@@H](O)[C@@H]6OC. The third kappa shape index (κ3) is 3.62. The van der Waals surface area contributed by atoms with Crippen LogP contribution < -0.4 is 0 Å². The van der Waals surface area contributed by atoms with Gasteiger partial charge in [0.05, 0.1) is 30.5 Å². The van der Waals surface area contributed by atoms with Crippen LogP contribution in [0.2, 0.25) is 0 Å². The van der Waals surface area contributed by atoms with Gasteiger partial charge in [0.25, 0.3) is 0 Å². The summed E-state index contributed by atoms with van der Waals surface area (Å²) in [5.74, 6) is -3.65. The Labute approximate surface area is 269 Å². The monoisotopic (exact) mass is 645 g/mol. The van der Waals surface area contributed by atoms with E-state index >= 15 is 0 Å². The molecule has 7 rings (SSSR count). The molecule has 1 aliphatic heterocycles. The first kappa shape index (κ1) is 32.4. The van der Waals surface area contributed by atoms with Gasteiger partial charge in [-0.3, -0.25) is 9.69 Å². The largest absolute Gasteiger partial charge is 0.455 e. The van der Waals surface area contributed by atoms with Crippen LogP contribution >= 0.6 is 0 Å². The Balaban J connectivity index is 1.53. The molecule has 15 atom stereocenters. The van der Waals surface area contributed by atoms with Crippen molar-refractivity contribution in [3.05, 3.63) is 35.9 Å². The minimum absolute atomic E-state index is 0.0791. The number of hydrogen-bond acceptors (Lipinski definition) is 12. The Kier molecular flexibility index (Phi) is 7.69. The number of fused-ring (bicyclic) bond motifs is 2. The number of esters is 2. The third-order valence-electron chi connectivity index (χ3n) is 13.2. The van der Waals surface area contributed by atoms with E-state index in [0.29, 0.717) is 25.1 Å². The minimum Gasteiger partial charge on any atom is -0.455 e. The number of piperidine rings is 1. The van der Waals surface area contributed by atoms with Crippen LogP contribution in [-0.2, 0) is 33.2 Å². The van der Waals surface area contributed by atoms with Crippen LogP contribution in [0.4, 0.5) is 0 Å². The van der Waals surface area contributed by atoms with Gasteiger partial charge in [-0.05, 0) is 31.0 Å². The van der Waals surface area contributed by atoms with Crippen LogP contribution in [0, 0.1) is 34.5 Å². The second-order valence-corrected chi connectivity index (χ2v) is 14.4. The fourth-order valence-electron chi connectivity index (χ4n) is 12.3. The molecular formula is C34H47NO11. The quantitative estimate of drug-likeness (QED) is 0.323. The molecule has 2 unspecified atom stereocenters. The maximum absolute atomic E-state index is 13.8. The van der Waals surface area contributed by atoms with Gasteiger partial charge in [-0.15, -0.1) is 0 Å². The summed E-state index contributed by atoms with van der Waals surface area (Å²) in [4.78, 5) is 29.3. The van der Waals surface area contributed by atoms with Gasteiger partial charge in [0.1, 0.15) is 23.9 Å². The lowest BCUT2D eigenvalue weighted by Gasteiger charge is -2.70. The predicted molar refractivity (Wildman–Crippen MR) is 160 cm³/mol. The number of aliphatic hydroxyl groups is 3. The normalized spacial score (nSPS) is 49.9. The molecule has 7 bridgehead atoms.